The Morgan fingerprint density at radius 2 is 2.05 bits per heavy atom. The third kappa shape index (κ3) is 3.55. The smallest absolute Gasteiger partial charge is 0.220 e. The highest BCUT2D eigenvalue weighted by Crippen LogP contribution is 2.21. The molecule has 0 atom stereocenters. The fourth-order valence-electron chi connectivity index (χ4n) is 2.41. The molecule has 1 aliphatic heterocycles. The SMILES string of the molecule is Cl.O=S(=O)(Cc1noc2ccccc12)N1CCCNCC1. The summed E-state index contributed by atoms with van der Waals surface area (Å²) in [6.07, 6.45) is 0.832. The molecule has 8 heteroatoms. The zero-order valence-corrected chi connectivity index (χ0v) is 13.1. The van der Waals surface area contributed by atoms with Gasteiger partial charge in [-0.15, -0.1) is 12.4 Å². The zero-order chi connectivity index (χ0) is 14.0. The van der Waals surface area contributed by atoms with Crippen molar-refractivity contribution in [2.45, 2.75) is 12.2 Å². The van der Waals surface area contributed by atoms with E-state index in [4.69, 9.17) is 4.52 Å². The second-order valence-corrected chi connectivity index (χ2v) is 6.85. The minimum Gasteiger partial charge on any atom is -0.356 e. The molecule has 1 saturated heterocycles. The van der Waals surface area contributed by atoms with Gasteiger partial charge in [0.25, 0.3) is 0 Å². The van der Waals surface area contributed by atoms with Crippen molar-refractivity contribution in [2.75, 3.05) is 26.2 Å². The minimum atomic E-state index is -3.35. The predicted octanol–water partition coefficient (Wildman–Crippen LogP) is 1.37. The number of para-hydroxylation sites is 1. The van der Waals surface area contributed by atoms with Gasteiger partial charge in [-0.3, -0.25) is 0 Å². The first-order valence-electron chi connectivity index (χ1n) is 6.69. The van der Waals surface area contributed by atoms with Crippen molar-refractivity contribution in [3.63, 3.8) is 0 Å². The molecule has 0 amide bonds. The molecule has 2 heterocycles. The van der Waals surface area contributed by atoms with Gasteiger partial charge in [-0.05, 0) is 25.1 Å². The first kappa shape index (κ1) is 16.2. The van der Waals surface area contributed by atoms with Gasteiger partial charge in [-0.25, -0.2) is 12.7 Å². The van der Waals surface area contributed by atoms with Crippen LogP contribution in [0.25, 0.3) is 11.0 Å². The molecule has 1 aromatic carbocycles. The van der Waals surface area contributed by atoms with E-state index in [2.05, 4.69) is 10.5 Å². The van der Waals surface area contributed by atoms with Crippen molar-refractivity contribution < 1.29 is 12.9 Å². The lowest BCUT2D eigenvalue weighted by molar-refractivity contribution is 0.425. The Bertz CT molecular complexity index is 694. The fraction of sp³-hybridized carbons (Fsp3) is 0.462. The zero-order valence-electron chi connectivity index (χ0n) is 11.5. The predicted molar refractivity (Wildman–Crippen MR) is 82.9 cm³/mol. The Hall–Kier alpha value is -1.15. The summed E-state index contributed by atoms with van der Waals surface area (Å²) in [7, 11) is -3.35. The molecule has 1 fully saturated rings. The summed E-state index contributed by atoms with van der Waals surface area (Å²) >= 11 is 0. The van der Waals surface area contributed by atoms with Crippen LogP contribution in [0, 0.1) is 0 Å². The van der Waals surface area contributed by atoms with Crippen molar-refractivity contribution >= 4 is 33.4 Å². The van der Waals surface area contributed by atoms with Gasteiger partial charge in [-0.2, -0.15) is 0 Å². The number of hydrogen-bond acceptors (Lipinski definition) is 5. The third-order valence-electron chi connectivity index (χ3n) is 3.46. The molecule has 1 aromatic heterocycles. The molecule has 116 valence electrons. The molecule has 0 saturated carbocycles. The Morgan fingerprint density at radius 3 is 2.90 bits per heavy atom. The average molecular weight is 332 g/mol. The van der Waals surface area contributed by atoms with Crippen molar-refractivity contribution in [2.24, 2.45) is 0 Å². The maximum atomic E-state index is 12.5. The Balaban J connectivity index is 0.00000161. The fourth-order valence-corrected chi connectivity index (χ4v) is 3.92. The van der Waals surface area contributed by atoms with Crippen molar-refractivity contribution in [3.8, 4) is 0 Å². The number of benzene rings is 1. The highest BCUT2D eigenvalue weighted by Gasteiger charge is 2.25. The van der Waals surface area contributed by atoms with Gasteiger partial charge < -0.3 is 9.84 Å². The highest BCUT2D eigenvalue weighted by molar-refractivity contribution is 7.88. The first-order chi connectivity index (χ1) is 9.67. The molecule has 2 aromatic rings. The van der Waals surface area contributed by atoms with Gasteiger partial charge in [0.2, 0.25) is 10.0 Å². The molecule has 3 rings (SSSR count). The first-order valence-corrected chi connectivity index (χ1v) is 8.29. The van der Waals surface area contributed by atoms with Crippen LogP contribution in [0.2, 0.25) is 0 Å². The summed E-state index contributed by atoms with van der Waals surface area (Å²) < 4.78 is 31.6. The lowest BCUT2D eigenvalue weighted by atomic mass is 10.2. The normalized spacial score (nSPS) is 17.3. The second kappa shape index (κ2) is 6.74. The number of sulfonamides is 1. The van der Waals surface area contributed by atoms with Crippen LogP contribution in [0.4, 0.5) is 0 Å². The van der Waals surface area contributed by atoms with Gasteiger partial charge in [0.1, 0.15) is 11.4 Å². The molecule has 1 aliphatic rings. The average Bonchev–Trinajstić information content (AvgIpc) is 2.67. The Kier molecular flexibility index (Phi) is 5.21. The third-order valence-corrected chi connectivity index (χ3v) is 5.25. The molecule has 21 heavy (non-hydrogen) atoms. The maximum Gasteiger partial charge on any atom is 0.220 e. The van der Waals surface area contributed by atoms with Crippen LogP contribution >= 0.6 is 12.4 Å². The van der Waals surface area contributed by atoms with E-state index >= 15 is 0 Å². The van der Waals surface area contributed by atoms with Gasteiger partial charge in [0, 0.05) is 25.0 Å². The second-order valence-electron chi connectivity index (χ2n) is 4.88. The molecule has 0 aliphatic carbocycles. The van der Waals surface area contributed by atoms with E-state index in [0.717, 1.165) is 18.4 Å². The standard InChI is InChI=1S/C13H17N3O3S.ClH/c17-20(18,16-8-3-6-14-7-9-16)10-12-11-4-1-2-5-13(11)19-15-12;/h1-2,4-5,14H,3,6-10H2;1H. The van der Waals surface area contributed by atoms with E-state index in [9.17, 15) is 8.42 Å². The largest absolute Gasteiger partial charge is 0.356 e. The highest BCUT2D eigenvalue weighted by atomic mass is 35.5. The lowest BCUT2D eigenvalue weighted by Gasteiger charge is -2.18. The van der Waals surface area contributed by atoms with Crippen LogP contribution in [-0.2, 0) is 15.8 Å². The molecule has 1 N–H and O–H groups in total. The molecule has 0 unspecified atom stereocenters. The number of aromatic nitrogens is 1. The molecule has 0 spiro atoms. The Morgan fingerprint density at radius 1 is 1.24 bits per heavy atom. The van der Waals surface area contributed by atoms with E-state index in [1.165, 1.54) is 4.31 Å². The van der Waals surface area contributed by atoms with Crippen LogP contribution in [0.15, 0.2) is 28.8 Å². The summed E-state index contributed by atoms with van der Waals surface area (Å²) in [5.74, 6) is -0.107. The minimum absolute atomic E-state index is 0. The molecule has 0 radical (unpaired) electrons. The van der Waals surface area contributed by atoms with Gasteiger partial charge in [0.05, 0.1) is 0 Å². The molecular formula is C13H18ClN3O3S. The van der Waals surface area contributed by atoms with Crippen LogP contribution in [0.3, 0.4) is 0 Å². The van der Waals surface area contributed by atoms with Crippen LogP contribution in [0.1, 0.15) is 12.1 Å². The van der Waals surface area contributed by atoms with Crippen LogP contribution in [-0.4, -0.2) is 44.1 Å². The summed E-state index contributed by atoms with van der Waals surface area (Å²) in [6.45, 7) is 2.63. The lowest BCUT2D eigenvalue weighted by Crippen LogP contribution is -2.35. The molecule has 0 bridgehead atoms. The van der Waals surface area contributed by atoms with Crippen LogP contribution in [0.5, 0.6) is 0 Å². The van der Waals surface area contributed by atoms with Crippen molar-refractivity contribution in [1.29, 1.82) is 0 Å². The van der Waals surface area contributed by atoms with Crippen molar-refractivity contribution in [1.82, 2.24) is 14.8 Å². The van der Waals surface area contributed by atoms with Crippen molar-refractivity contribution in [3.05, 3.63) is 30.0 Å². The van der Waals surface area contributed by atoms with E-state index in [0.29, 0.717) is 30.9 Å². The monoisotopic (exact) mass is 331 g/mol. The molecule has 6 nitrogen and oxygen atoms in total. The summed E-state index contributed by atoms with van der Waals surface area (Å²) in [5, 5.41) is 7.87. The number of fused-ring (bicyclic) bond motifs is 1. The number of halogens is 1. The van der Waals surface area contributed by atoms with Gasteiger partial charge in [-0.1, -0.05) is 17.3 Å². The van der Waals surface area contributed by atoms with Gasteiger partial charge >= 0.3 is 0 Å². The number of rotatable bonds is 3. The molecular weight excluding hydrogens is 314 g/mol. The topological polar surface area (TPSA) is 75.4 Å². The van der Waals surface area contributed by atoms with Gasteiger partial charge in [0.15, 0.2) is 5.58 Å². The summed E-state index contributed by atoms with van der Waals surface area (Å²) in [5.41, 5.74) is 1.10. The number of nitrogens with zero attached hydrogens (tertiary/aromatic N) is 2. The summed E-state index contributed by atoms with van der Waals surface area (Å²) in [6, 6.07) is 7.31. The van der Waals surface area contributed by atoms with Crippen LogP contribution < -0.4 is 5.32 Å². The van der Waals surface area contributed by atoms with E-state index < -0.39 is 10.0 Å². The van der Waals surface area contributed by atoms with E-state index in [-0.39, 0.29) is 18.2 Å². The summed E-state index contributed by atoms with van der Waals surface area (Å²) in [4.78, 5) is 0. The quantitative estimate of drug-likeness (QED) is 0.919. The van der Waals surface area contributed by atoms with E-state index in [1.54, 1.807) is 6.07 Å². The van der Waals surface area contributed by atoms with E-state index in [1.807, 2.05) is 18.2 Å². The number of hydrogen-bond donors (Lipinski definition) is 1. The Labute approximate surface area is 129 Å². The number of nitrogens with one attached hydrogen (secondary N) is 1. The maximum absolute atomic E-state index is 12.5.